The van der Waals surface area contributed by atoms with Crippen molar-refractivity contribution in [2.24, 2.45) is 5.92 Å². The van der Waals surface area contributed by atoms with Gasteiger partial charge in [-0.05, 0) is 18.6 Å². The van der Waals surface area contributed by atoms with Crippen LogP contribution >= 0.6 is 0 Å². The van der Waals surface area contributed by atoms with E-state index in [1.165, 1.54) is 13.2 Å². The standard InChI is InChI=1S/C12H13F3N2O2/c1-19-11(18)8-4-5-17(7-8)10-3-2-9(6-16-10)12(13,14)15/h2-3,6,8H,4-5,7H2,1H3. The van der Waals surface area contributed by atoms with Crippen LogP contribution in [0.4, 0.5) is 19.0 Å². The van der Waals surface area contributed by atoms with Gasteiger partial charge in [-0.15, -0.1) is 0 Å². The van der Waals surface area contributed by atoms with Crippen LogP contribution in [0.15, 0.2) is 18.3 Å². The molecule has 0 radical (unpaired) electrons. The van der Waals surface area contributed by atoms with Gasteiger partial charge in [0, 0.05) is 19.3 Å². The molecule has 7 heteroatoms. The van der Waals surface area contributed by atoms with Gasteiger partial charge in [0.15, 0.2) is 0 Å². The van der Waals surface area contributed by atoms with Crippen molar-refractivity contribution in [1.82, 2.24) is 4.98 Å². The summed E-state index contributed by atoms with van der Waals surface area (Å²) in [5.41, 5.74) is -0.778. The maximum absolute atomic E-state index is 12.4. The zero-order chi connectivity index (χ0) is 14.0. The molecule has 2 rings (SSSR count). The molecule has 19 heavy (non-hydrogen) atoms. The molecule has 0 bridgehead atoms. The van der Waals surface area contributed by atoms with Gasteiger partial charge in [0.2, 0.25) is 0 Å². The molecule has 1 aromatic rings. The van der Waals surface area contributed by atoms with Crippen molar-refractivity contribution >= 4 is 11.8 Å². The minimum Gasteiger partial charge on any atom is -0.469 e. The van der Waals surface area contributed by atoms with Gasteiger partial charge in [0.1, 0.15) is 5.82 Å². The first-order valence-electron chi connectivity index (χ1n) is 5.78. The molecule has 0 spiro atoms. The van der Waals surface area contributed by atoms with E-state index in [2.05, 4.69) is 9.72 Å². The molecule has 1 saturated heterocycles. The Morgan fingerprint density at radius 2 is 2.21 bits per heavy atom. The second kappa shape index (κ2) is 5.07. The average Bonchev–Trinajstić information content (AvgIpc) is 2.86. The van der Waals surface area contributed by atoms with Gasteiger partial charge < -0.3 is 9.64 Å². The molecule has 1 aliphatic rings. The highest BCUT2D eigenvalue weighted by atomic mass is 19.4. The highest BCUT2D eigenvalue weighted by Gasteiger charge is 2.32. The molecule has 0 aliphatic carbocycles. The van der Waals surface area contributed by atoms with Crippen molar-refractivity contribution in [3.63, 3.8) is 0 Å². The van der Waals surface area contributed by atoms with E-state index < -0.39 is 11.7 Å². The summed E-state index contributed by atoms with van der Waals surface area (Å²) < 4.78 is 41.8. The second-order valence-electron chi connectivity index (χ2n) is 4.36. The molecule has 1 unspecified atom stereocenters. The first kappa shape index (κ1) is 13.6. The minimum absolute atomic E-state index is 0.242. The molecule has 0 aromatic carbocycles. The van der Waals surface area contributed by atoms with Crippen molar-refractivity contribution in [1.29, 1.82) is 0 Å². The van der Waals surface area contributed by atoms with E-state index in [0.29, 0.717) is 25.3 Å². The summed E-state index contributed by atoms with van der Waals surface area (Å²) in [6.45, 7) is 1.00. The van der Waals surface area contributed by atoms with Gasteiger partial charge in [-0.2, -0.15) is 13.2 Å². The van der Waals surface area contributed by atoms with Crippen molar-refractivity contribution < 1.29 is 22.7 Å². The van der Waals surface area contributed by atoms with Gasteiger partial charge >= 0.3 is 12.1 Å². The van der Waals surface area contributed by atoms with Gasteiger partial charge in [-0.1, -0.05) is 0 Å². The molecule has 1 aromatic heterocycles. The molecular weight excluding hydrogens is 261 g/mol. The van der Waals surface area contributed by atoms with Crippen molar-refractivity contribution in [2.45, 2.75) is 12.6 Å². The second-order valence-corrected chi connectivity index (χ2v) is 4.36. The summed E-state index contributed by atoms with van der Waals surface area (Å²) in [6.07, 6.45) is -2.96. The first-order chi connectivity index (χ1) is 8.91. The number of rotatable bonds is 2. The zero-order valence-electron chi connectivity index (χ0n) is 10.3. The summed E-state index contributed by atoms with van der Waals surface area (Å²) in [7, 11) is 1.32. The van der Waals surface area contributed by atoms with Crippen LogP contribution in [-0.4, -0.2) is 31.2 Å². The molecule has 104 valence electrons. The largest absolute Gasteiger partial charge is 0.469 e. The fourth-order valence-corrected chi connectivity index (χ4v) is 2.07. The number of ether oxygens (including phenoxy) is 1. The Labute approximate surface area is 108 Å². The predicted molar refractivity (Wildman–Crippen MR) is 61.6 cm³/mol. The number of methoxy groups -OCH3 is 1. The van der Waals surface area contributed by atoms with Gasteiger partial charge in [-0.3, -0.25) is 4.79 Å². The number of pyridine rings is 1. The number of aromatic nitrogens is 1. The highest BCUT2D eigenvalue weighted by molar-refractivity contribution is 5.74. The highest BCUT2D eigenvalue weighted by Crippen LogP contribution is 2.30. The topological polar surface area (TPSA) is 42.4 Å². The summed E-state index contributed by atoms with van der Waals surface area (Å²) in [6, 6.07) is 2.32. The summed E-state index contributed by atoms with van der Waals surface area (Å²) in [5, 5.41) is 0. The number of anilines is 1. The summed E-state index contributed by atoms with van der Waals surface area (Å²) >= 11 is 0. The van der Waals surface area contributed by atoms with Crippen LogP contribution in [0.5, 0.6) is 0 Å². The van der Waals surface area contributed by atoms with E-state index in [1.54, 1.807) is 4.90 Å². The molecule has 0 N–H and O–H groups in total. The van der Waals surface area contributed by atoms with Crippen molar-refractivity contribution in [3.8, 4) is 0 Å². The molecule has 4 nitrogen and oxygen atoms in total. The molecule has 1 fully saturated rings. The average molecular weight is 274 g/mol. The lowest BCUT2D eigenvalue weighted by Crippen LogP contribution is -2.24. The molecule has 1 atom stereocenters. The minimum atomic E-state index is -4.38. The van der Waals surface area contributed by atoms with Crippen LogP contribution in [0.3, 0.4) is 0 Å². The lowest BCUT2D eigenvalue weighted by molar-refractivity contribution is -0.144. The maximum atomic E-state index is 12.4. The number of hydrogen-bond acceptors (Lipinski definition) is 4. The number of esters is 1. The molecule has 1 aliphatic heterocycles. The number of halogens is 3. The smallest absolute Gasteiger partial charge is 0.417 e. The Morgan fingerprint density at radius 1 is 1.47 bits per heavy atom. The predicted octanol–water partition coefficient (Wildman–Crippen LogP) is 2.10. The third-order valence-electron chi connectivity index (χ3n) is 3.12. The lowest BCUT2D eigenvalue weighted by Gasteiger charge is -2.17. The van der Waals surface area contributed by atoms with E-state index in [0.717, 1.165) is 12.3 Å². The molecular formula is C12H13F3N2O2. The van der Waals surface area contributed by atoms with Crippen LogP contribution in [0.1, 0.15) is 12.0 Å². The van der Waals surface area contributed by atoms with E-state index in [-0.39, 0.29) is 11.9 Å². The fraction of sp³-hybridized carbons (Fsp3) is 0.500. The Morgan fingerprint density at radius 3 is 2.74 bits per heavy atom. The fourth-order valence-electron chi connectivity index (χ4n) is 2.07. The van der Waals surface area contributed by atoms with E-state index in [1.807, 2.05) is 0 Å². The lowest BCUT2D eigenvalue weighted by atomic mass is 10.1. The Balaban J connectivity index is 2.06. The Hall–Kier alpha value is -1.79. The quantitative estimate of drug-likeness (QED) is 0.775. The molecule has 0 amide bonds. The number of carbonyl (C=O) groups excluding carboxylic acids is 1. The van der Waals surface area contributed by atoms with Crippen LogP contribution in [-0.2, 0) is 15.7 Å². The van der Waals surface area contributed by atoms with Crippen LogP contribution in [0.25, 0.3) is 0 Å². The van der Waals surface area contributed by atoms with Crippen LogP contribution in [0, 0.1) is 5.92 Å². The zero-order valence-corrected chi connectivity index (χ0v) is 10.3. The van der Waals surface area contributed by atoms with E-state index >= 15 is 0 Å². The number of hydrogen-bond donors (Lipinski definition) is 0. The third-order valence-corrected chi connectivity index (χ3v) is 3.12. The van der Waals surface area contributed by atoms with Gasteiger partial charge in [0.05, 0.1) is 18.6 Å². The van der Waals surface area contributed by atoms with E-state index in [9.17, 15) is 18.0 Å². The van der Waals surface area contributed by atoms with E-state index in [4.69, 9.17) is 0 Å². The normalized spacial score (nSPS) is 19.6. The number of carbonyl (C=O) groups is 1. The van der Waals surface area contributed by atoms with Crippen LogP contribution in [0.2, 0.25) is 0 Å². The maximum Gasteiger partial charge on any atom is 0.417 e. The van der Waals surface area contributed by atoms with Gasteiger partial charge in [-0.25, -0.2) is 4.98 Å². The molecule has 0 saturated carbocycles. The van der Waals surface area contributed by atoms with Crippen LogP contribution < -0.4 is 4.90 Å². The molecule has 2 heterocycles. The Kier molecular flexibility index (Phi) is 3.64. The van der Waals surface area contributed by atoms with Gasteiger partial charge in [0.25, 0.3) is 0 Å². The monoisotopic (exact) mass is 274 g/mol. The summed E-state index contributed by atoms with van der Waals surface area (Å²) in [5.74, 6) is -0.0945. The summed E-state index contributed by atoms with van der Waals surface area (Å²) in [4.78, 5) is 16.9. The first-order valence-corrected chi connectivity index (χ1v) is 5.78. The number of nitrogens with zero attached hydrogens (tertiary/aromatic N) is 2. The Bertz CT molecular complexity index is 459. The van der Waals surface area contributed by atoms with Crippen molar-refractivity contribution in [2.75, 3.05) is 25.1 Å². The number of alkyl halides is 3. The SMILES string of the molecule is COC(=O)C1CCN(c2ccc(C(F)(F)F)cn2)C1. The van der Waals surface area contributed by atoms with Crippen molar-refractivity contribution in [3.05, 3.63) is 23.9 Å². The third kappa shape index (κ3) is 2.97.